The first kappa shape index (κ1) is 32.6. The molecule has 5 amide bonds. The van der Waals surface area contributed by atoms with Crippen LogP contribution in [0.15, 0.2) is 84.9 Å². The van der Waals surface area contributed by atoms with Crippen molar-refractivity contribution in [3.05, 3.63) is 102 Å². The van der Waals surface area contributed by atoms with Gasteiger partial charge in [-0.2, -0.15) is 5.01 Å². The molecule has 4 N–H and O–H groups in total. The number of nitrogens with one attached hydrogen (secondary N) is 2. The van der Waals surface area contributed by atoms with Gasteiger partial charge < -0.3 is 26.2 Å². The minimum atomic E-state index is -0.862. The normalized spacial score (nSPS) is 17.5. The van der Waals surface area contributed by atoms with Crippen molar-refractivity contribution in [2.45, 2.75) is 25.2 Å². The summed E-state index contributed by atoms with van der Waals surface area (Å²) in [5.41, 5.74) is 9.51. The van der Waals surface area contributed by atoms with Gasteiger partial charge in [0.2, 0.25) is 11.8 Å². The summed E-state index contributed by atoms with van der Waals surface area (Å²) in [5.74, 6) is 1.76. The standard InChI is InChI=1S/C37H34N8O4S/c1-3-18-43(37(49)39-2)44-22-32(46)45-29(35(48)42(21-31(44)45)20-25-10-7-13-30-33(25)41-36(38)50-30)19-23-14-16-26(17-15-23)40-34(47)28-12-6-9-24-8-4-5-11-27(24)28/h1,4-17,29,31H,18-22H2,2H3,(H2,38,41)(H,39,49)(H,40,47)/t29-,31+/m0/s1. The summed E-state index contributed by atoms with van der Waals surface area (Å²) in [5, 5.41) is 10.8. The Bertz CT molecular complexity index is 2170. The predicted octanol–water partition coefficient (Wildman–Crippen LogP) is 3.90. The number of amides is 5. The van der Waals surface area contributed by atoms with Gasteiger partial charge in [-0.3, -0.25) is 14.4 Å². The van der Waals surface area contributed by atoms with Gasteiger partial charge in [0, 0.05) is 31.3 Å². The minimum Gasteiger partial charge on any atom is -0.375 e. The SMILES string of the molecule is C#CCN(C(=O)NC)N1CC(=O)N2[C@@H](Cc3ccc(NC(=O)c4cccc5ccccc45)cc3)C(=O)N(Cc3cccc4sc(N)nc34)C[C@@H]21. The zero-order chi connectivity index (χ0) is 34.9. The zero-order valence-electron chi connectivity index (χ0n) is 27.2. The van der Waals surface area contributed by atoms with Crippen LogP contribution in [0.5, 0.6) is 0 Å². The average molecular weight is 687 g/mol. The Hall–Kier alpha value is -5.97. The highest BCUT2D eigenvalue weighted by molar-refractivity contribution is 7.22. The molecule has 2 atom stereocenters. The van der Waals surface area contributed by atoms with Crippen LogP contribution in [0.3, 0.4) is 0 Å². The second-order valence-corrected chi connectivity index (χ2v) is 13.2. The molecular formula is C37H34N8O4S. The van der Waals surface area contributed by atoms with Gasteiger partial charge in [0.1, 0.15) is 12.2 Å². The number of para-hydroxylation sites is 1. The van der Waals surface area contributed by atoms with Crippen molar-refractivity contribution in [3.8, 4) is 12.3 Å². The van der Waals surface area contributed by atoms with Crippen molar-refractivity contribution in [2.24, 2.45) is 0 Å². The van der Waals surface area contributed by atoms with Crippen LogP contribution < -0.4 is 16.4 Å². The Kier molecular flexibility index (Phi) is 8.80. The lowest BCUT2D eigenvalue weighted by molar-refractivity contribution is -0.157. The molecule has 0 saturated carbocycles. The van der Waals surface area contributed by atoms with Crippen molar-refractivity contribution in [1.29, 1.82) is 0 Å². The molecule has 50 heavy (non-hydrogen) atoms. The van der Waals surface area contributed by atoms with Crippen molar-refractivity contribution in [1.82, 2.24) is 30.1 Å². The van der Waals surface area contributed by atoms with E-state index in [0.717, 1.165) is 32.1 Å². The molecule has 1 aromatic heterocycles. The highest BCUT2D eigenvalue weighted by atomic mass is 32.1. The Morgan fingerprint density at radius 3 is 2.58 bits per heavy atom. The molecule has 13 heteroatoms. The van der Waals surface area contributed by atoms with Crippen molar-refractivity contribution in [3.63, 3.8) is 0 Å². The van der Waals surface area contributed by atoms with Gasteiger partial charge >= 0.3 is 6.03 Å². The van der Waals surface area contributed by atoms with E-state index in [1.54, 1.807) is 33.0 Å². The van der Waals surface area contributed by atoms with Gasteiger partial charge in [-0.1, -0.05) is 77.9 Å². The maximum atomic E-state index is 14.3. The molecule has 252 valence electrons. The highest BCUT2D eigenvalue weighted by Crippen LogP contribution is 2.32. The fourth-order valence-corrected chi connectivity index (χ4v) is 7.59. The molecule has 2 aliphatic heterocycles. The molecule has 12 nitrogen and oxygen atoms in total. The number of hydrogen-bond acceptors (Lipinski definition) is 8. The van der Waals surface area contributed by atoms with Crippen LogP contribution in [-0.4, -0.2) is 87.4 Å². The van der Waals surface area contributed by atoms with E-state index in [-0.39, 0.29) is 50.3 Å². The number of carbonyl (C=O) groups excluding carboxylic acids is 4. The minimum absolute atomic E-state index is 0.0563. The van der Waals surface area contributed by atoms with Crippen LogP contribution in [0.1, 0.15) is 21.5 Å². The number of carbonyl (C=O) groups is 4. The number of fused-ring (bicyclic) bond motifs is 3. The number of rotatable bonds is 8. The molecule has 0 unspecified atom stereocenters. The van der Waals surface area contributed by atoms with Gasteiger partial charge in [-0.15, -0.1) is 6.42 Å². The molecular weight excluding hydrogens is 653 g/mol. The number of terminal acetylenes is 1. The van der Waals surface area contributed by atoms with E-state index in [1.165, 1.54) is 23.4 Å². The largest absolute Gasteiger partial charge is 0.375 e. The van der Waals surface area contributed by atoms with Crippen LogP contribution in [0.25, 0.3) is 21.0 Å². The lowest BCUT2D eigenvalue weighted by Gasteiger charge is -2.46. The number of hydrogen-bond donors (Lipinski definition) is 3. The molecule has 0 radical (unpaired) electrons. The van der Waals surface area contributed by atoms with E-state index in [0.29, 0.717) is 16.4 Å². The number of piperazine rings is 1. The summed E-state index contributed by atoms with van der Waals surface area (Å²) < 4.78 is 0.910. The molecule has 0 aliphatic carbocycles. The predicted molar refractivity (Wildman–Crippen MR) is 193 cm³/mol. The molecule has 4 aromatic carbocycles. The topological polar surface area (TPSA) is 144 Å². The average Bonchev–Trinajstić information content (AvgIpc) is 3.67. The van der Waals surface area contributed by atoms with E-state index < -0.39 is 18.2 Å². The van der Waals surface area contributed by atoms with E-state index in [4.69, 9.17) is 12.2 Å². The van der Waals surface area contributed by atoms with Crippen LogP contribution in [0.2, 0.25) is 0 Å². The maximum Gasteiger partial charge on any atom is 0.332 e. The van der Waals surface area contributed by atoms with Gasteiger partial charge in [-0.25, -0.2) is 14.8 Å². The molecule has 2 aliphatic rings. The Morgan fingerprint density at radius 1 is 1.04 bits per heavy atom. The molecule has 2 saturated heterocycles. The second-order valence-electron chi connectivity index (χ2n) is 12.1. The highest BCUT2D eigenvalue weighted by Gasteiger charge is 2.52. The molecule has 0 spiro atoms. The molecule has 2 fully saturated rings. The van der Waals surface area contributed by atoms with Crippen LogP contribution >= 0.6 is 11.3 Å². The van der Waals surface area contributed by atoms with Crippen LogP contribution in [0.4, 0.5) is 15.6 Å². The van der Waals surface area contributed by atoms with Gasteiger partial charge in [0.05, 0.1) is 29.9 Å². The number of urea groups is 1. The number of thiazole rings is 1. The smallest absolute Gasteiger partial charge is 0.332 e. The van der Waals surface area contributed by atoms with E-state index in [1.807, 2.05) is 66.7 Å². The monoisotopic (exact) mass is 686 g/mol. The molecule has 3 heterocycles. The van der Waals surface area contributed by atoms with Crippen molar-refractivity contribution >= 4 is 66.9 Å². The van der Waals surface area contributed by atoms with E-state index in [2.05, 4.69) is 21.5 Å². The zero-order valence-corrected chi connectivity index (χ0v) is 28.0. The fourth-order valence-electron chi connectivity index (χ4n) is 6.81. The quantitative estimate of drug-likeness (QED) is 0.210. The number of benzene rings is 4. The summed E-state index contributed by atoms with van der Waals surface area (Å²) >= 11 is 1.37. The first-order valence-electron chi connectivity index (χ1n) is 16.1. The molecule has 5 aromatic rings. The number of nitrogens with zero attached hydrogens (tertiary/aromatic N) is 5. The summed E-state index contributed by atoms with van der Waals surface area (Å²) in [6.45, 7) is 0.207. The third-order valence-corrected chi connectivity index (χ3v) is 9.97. The molecule has 0 bridgehead atoms. The summed E-state index contributed by atoms with van der Waals surface area (Å²) in [6.07, 6.45) is 5.19. The summed E-state index contributed by atoms with van der Waals surface area (Å²) in [6, 6.07) is 25.0. The first-order chi connectivity index (χ1) is 24.2. The Balaban J connectivity index is 1.17. The summed E-state index contributed by atoms with van der Waals surface area (Å²) in [7, 11) is 1.50. The Morgan fingerprint density at radius 2 is 1.80 bits per heavy atom. The van der Waals surface area contributed by atoms with Crippen LogP contribution in [-0.2, 0) is 22.6 Å². The third kappa shape index (κ3) is 6.06. The number of nitrogen functional groups attached to an aromatic ring is 1. The number of aromatic nitrogens is 1. The Labute approximate surface area is 292 Å². The van der Waals surface area contributed by atoms with E-state index >= 15 is 0 Å². The summed E-state index contributed by atoms with van der Waals surface area (Å²) in [4.78, 5) is 61.9. The number of hydrazine groups is 1. The first-order valence-corrected chi connectivity index (χ1v) is 16.9. The second kappa shape index (κ2) is 13.5. The lowest BCUT2D eigenvalue weighted by Crippen LogP contribution is -2.66. The van der Waals surface area contributed by atoms with Crippen molar-refractivity contribution in [2.75, 3.05) is 37.7 Å². The van der Waals surface area contributed by atoms with Gasteiger partial charge in [0.15, 0.2) is 5.13 Å². The lowest BCUT2D eigenvalue weighted by atomic mass is 9.99. The van der Waals surface area contributed by atoms with Crippen molar-refractivity contribution < 1.29 is 19.2 Å². The van der Waals surface area contributed by atoms with Gasteiger partial charge in [-0.05, 0) is 46.2 Å². The van der Waals surface area contributed by atoms with Gasteiger partial charge in [0.25, 0.3) is 5.91 Å². The third-order valence-electron chi connectivity index (χ3n) is 9.12. The van der Waals surface area contributed by atoms with E-state index in [9.17, 15) is 19.2 Å². The van der Waals surface area contributed by atoms with Crippen LogP contribution in [0, 0.1) is 12.3 Å². The number of anilines is 2. The molecule has 7 rings (SSSR count). The fraction of sp³-hybridized carbons (Fsp3) is 0.216. The maximum absolute atomic E-state index is 14.3. The number of nitrogens with two attached hydrogens (primary N) is 1.